The zero-order chi connectivity index (χ0) is 9.97. The Hall–Kier alpha value is -1.29. The molecule has 0 N–H and O–H groups in total. The van der Waals surface area contributed by atoms with Crippen LogP contribution in [0.4, 0.5) is 0 Å². The van der Waals surface area contributed by atoms with Crippen LogP contribution in [0.5, 0.6) is 0 Å². The highest BCUT2D eigenvalue weighted by atomic mass is 32.2. The van der Waals surface area contributed by atoms with Gasteiger partial charge in [0.15, 0.2) is 0 Å². The van der Waals surface area contributed by atoms with Crippen molar-refractivity contribution in [3.8, 4) is 0 Å². The van der Waals surface area contributed by atoms with Crippen LogP contribution in [0.3, 0.4) is 0 Å². The molecule has 3 nitrogen and oxygen atoms in total. The molecule has 1 aromatic rings. The van der Waals surface area contributed by atoms with Crippen molar-refractivity contribution in [2.75, 3.05) is 11.6 Å². The van der Waals surface area contributed by atoms with Crippen molar-refractivity contribution in [3.05, 3.63) is 35.9 Å². The summed E-state index contributed by atoms with van der Waals surface area (Å²) >= 11 is 1.47. The Balaban J connectivity index is 2.20. The van der Waals surface area contributed by atoms with Crippen LogP contribution in [0.15, 0.2) is 30.3 Å². The maximum absolute atomic E-state index is 11.7. The van der Waals surface area contributed by atoms with Crippen molar-refractivity contribution in [2.24, 2.45) is 0 Å². The fourth-order valence-corrected chi connectivity index (χ4v) is 2.15. The molecule has 1 aromatic carbocycles. The Bertz CT molecular complexity index is 364. The van der Waals surface area contributed by atoms with Crippen LogP contribution in [0, 0.1) is 0 Å². The molecule has 4 heteroatoms. The summed E-state index contributed by atoms with van der Waals surface area (Å²) in [7, 11) is 0. The molecule has 0 aromatic heterocycles. The lowest BCUT2D eigenvalue weighted by atomic mass is 10.2. The van der Waals surface area contributed by atoms with E-state index in [1.807, 2.05) is 6.07 Å². The first-order valence-electron chi connectivity index (χ1n) is 4.26. The van der Waals surface area contributed by atoms with Crippen LogP contribution in [0.25, 0.3) is 0 Å². The fraction of sp³-hybridized carbons (Fsp3) is 0.200. The highest BCUT2D eigenvalue weighted by Gasteiger charge is 2.27. The van der Waals surface area contributed by atoms with Crippen LogP contribution in [-0.4, -0.2) is 28.3 Å². The van der Waals surface area contributed by atoms with Crippen LogP contribution in [0.1, 0.15) is 10.4 Å². The molecule has 2 rings (SSSR count). The van der Waals surface area contributed by atoms with E-state index in [4.69, 9.17) is 0 Å². The molecule has 0 radical (unpaired) electrons. The van der Waals surface area contributed by atoms with Crippen molar-refractivity contribution in [2.45, 2.75) is 0 Å². The molecule has 1 saturated heterocycles. The first-order valence-corrected chi connectivity index (χ1v) is 5.42. The molecule has 0 aliphatic carbocycles. The van der Waals surface area contributed by atoms with Gasteiger partial charge < -0.3 is 0 Å². The summed E-state index contributed by atoms with van der Waals surface area (Å²) < 4.78 is 0. The molecule has 0 spiro atoms. The van der Waals surface area contributed by atoms with Crippen LogP contribution in [-0.2, 0) is 4.79 Å². The Morgan fingerprint density at radius 3 is 2.57 bits per heavy atom. The number of thioether (sulfide) groups is 1. The van der Waals surface area contributed by atoms with Crippen molar-refractivity contribution in [1.82, 2.24) is 4.90 Å². The summed E-state index contributed by atoms with van der Waals surface area (Å²) in [5, 5.41) is 0. The fourth-order valence-electron chi connectivity index (χ4n) is 1.28. The maximum atomic E-state index is 11.7. The largest absolute Gasteiger partial charge is 0.273 e. The zero-order valence-electron chi connectivity index (χ0n) is 7.47. The molecule has 1 aliphatic heterocycles. The topological polar surface area (TPSA) is 37.4 Å². The van der Waals surface area contributed by atoms with Gasteiger partial charge in [0.25, 0.3) is 5.91 Å². The van der Waals surface area contributed by atoms with Crippen molar-refractivity contribution in [3.63, 3.8) is 0 Å². The quantitative estimate of drug-likeness (QED) is 0.652. The Morgan fingerprint density at radius 2 is 2.00 bits per heavy atom. The second-order valence-corrected chi connectivity index (χ2v) is 3.93. The SMILES string of the molecule is O=C1CSCN1C(=O)c1ccccc1. The molecule has 0 bridgehead atoms. The lowest BCUT2D eigenvalue weighted by molar-refractivity contribution is -0.124. The van der Waals surface area contributed by atoms with E-state index in [2.05, 4.69) is 0 Å². The van der Waals surface area contributed by atoms with Crippen molar-refractivity contribution in [1.29, 1.82) is 0 Å². The lowest BCUT2D eigenvalue weighted by Gasteiger charge is -2.11. The number of carbonyl (C=O) groups excluding carboxylic acids is 2. The molecule has 72 valence electrons. The van der Waals surface area contributed by atoms with Crippen molar-refractivity contribution < 1.29 is 9.59 Å². The average Bonchev–Trinajstić information content (AvgIpc) is 2.65. The molecular formula is C10H9NO2S. The predicted molar refractivity (Wildman–Crippen MR) is 54.9 cm³/mol. The first-order chi connectivity index (χ1) is 6.79. The minimum Gasteiger partial charge on any atom is -0.273 e. The first kappa shape index (κ1) is 9.27. The second kappa shape index (κ2) is 3.84. The summed E-state index contributed by atoms with van der Waals surface area (Å²) in [5.41, 5.74) is 0.573. The molecular weight excluding hydrogens is 198 g/mol. The van der Waals surface area contributed by atoms with Gasteiger partial charge in [-0.2, -0.15) is 0 Å². The molecule has 2 amide bonds. The zero-order valence-corrected chi connectivity index (χ0v) is 8.29. The minimum atomic E-state index is -0.194. The van der Waals surface area contributed by atoms with Gasteiger partial charge in [0, 0.05) is 5.56 Å². The number of rotatable bonds is 1. The van der Waals surface area contributed by atoms with Crippen LogP contribution >= 0.6 is 11.8 Å². The van der Waals surface area contributed by atoms with Gasteiger partial charge in [-0.3, -0.25) is 14.5 Å². The number of imide groups is 1. The van der Waals surface area contributed by atoms with Gasteiger partial charge in [-0.05, 0) is 12.1 Å². The summed E-state index contributed by atoms with van der Waals surface area (Å²) in [5.74, 6) is 0.606. The highest BCUT2D eigenvalue weighted by molar-refractivity contribution is 8.00. The lowest BCUT2D eigenvalue weighted by Crippen LogP contribution is -2.32. The number of hydrogen-bond acceptors (Lipinski definition) is 3. The summed E-state index contributed by atoms with van der Waals surface area (Å²) in [6.45, 7) is 0. The van der Waals surface area contributed by atoms with E-state index in [0.29, 0.717) is 17.2 Å². The van der Waals surface area contributed by atoms with Gasteiger partial charge in [0.1, 0.15) is 0 Å². The van der Waals surface area contributed by atoms with Gasteiger partial charge >= 0.3 is 0 Å². The third-order valence-electron chi connectivity index (χ3n) is 2.01. The summed E-state index contributed by atoms with van der Waals surface area (Å²) in [6, 6.07) is 8.87. The molecule has 1 fully saturated rings. The van der Waals surface area contributed by atoms with Crippen LogP contribution < -0.4 is 0 Å². The van der Waals surface area contributed by atoms with E-state index < -0.39 is 0 Å². The van der Waals surface area contributed by atoms with Gasteiger partial charge in [0.2, 0.25) is 5.91 Å². The Kier molecular flexibility index (Phi) is 2.54. The number of carbonyl (C=O) groups is 2. The standard InChI is InChI=1S/C10H9NO2S/c12-9-6-14-7-11(9)10(13)8-4-2-1-3-5-8/h1-5H,6-7H2. The highest BCUT2D eigenvalue weighted by Crippen LogP contribution is 2.17. The van der Waals surface area contributed by atoms with Gasteiger partial charge in [-0.1, -0.05) is 18.2 Å². The van der Waals surface area contributed by atoms with E-state index in [1.165, 1.54) is 16.7 Å². The predicted octanol–water partition coefficient (Wildman–Crippen LogP) is 1.36. The Morgan fingerprint density at radius 1 is 1.29 bits per heavy atom. The summed E-state index contributed by atoms with van der Waals surface area (Å²) in [6.07, 6.45) is 0. The van der Waals surface area contributed by atoms with Gasteiger partial charge in [-0.25, -0.2) is 0 Å². The van der Waals surface area contributed by atoms with Gasteiger partial charge in [0.05, 0.1) is 11.6 Å². The average molecular weight is 207 g/mol. The van der Waals surface area contributed by atoms with Crippen molar-refractivity contribution >= 4 is 23.6 Å². The smallest absolute Gasteiger partial charge is 0.261 e. The van der Waals surface area contributed by atoms with E-state index in [-0.39, 0.29) is 11.8 Å². The second-order valence-electron chi connectivity index (χ2n) is 2.97. The van der Waals surface area contributed by atoms with Gasteiger partial charge in [-0.15, -0.1) is 11.8 Å². The molecule has 0 unspecified atom stereocenters. The van der Waals surface area contributed by atoms with Crippen LogP contribution in [0.2, 0.25) is 0 Å². The van der Waals surface area contributed by atoms with E-state index >= 15 is 0 Å². The minimum absolute atomic E-state index is 0.0937. The Labute approximate surface area is 86.1 Å². The number of amides is 2. The number of benzene rings is 1. The molecule has 0 atom stereocenters. The number of hydrogen-bond donors (Lipinski definition) is 0. The molecule has 1 aliphatic rings. The molecule has 14 heavy (non-hydrogen) atoms. The number of nitrogens with zero attached hydrogens (tertiary/aromatic N) is 1. The molecule has 0 saturated carbocycles. The van der Waals surface area contributed by atoms with E-state index in [1.54, 1.807) is 24.3 Å². The third kappa shape index (κ3) is 1.65. The maximum Gasteiger partial charge on any atom is 0.261 e. The van der Waals surface area contributed by atoms with E-state index in [9.17, 15) is 9.59 Å². The normalized spacial score (nSPS) is 16.0. The molecule has 1 heterocycles. The van der Waals surface area contributed by atoms with E-state index in [0.717, 1.165) is 0 Å². The summed E-state index contributed by atoms with van der Waals surface area (Å²) in [4.78, 5) is 24.3. The third-order valence-corrected chi connectivity index (χ3v) is 2.90. The monoisotopic (exact) mass is 207 g/mol.